The lowest BCUT2D eigenvalue weighted by Gasteiger charge is -2.48. The van der Waals surface area contributed by atoms with Gasteiger partial charge in [0.1, 0.15) is 5.82 Å². The van der Waals surface area contributed by atoms with Gasteiger partial charge in [0.2, 0.25) is 0 Å². The van der Waals surface area contributed by atoms with Crippen LogP contribution in [0.3, 0.4) is 0 Å². The molecule has 6 rings (SSSR count). The lowest BCUT2D eigenvalue weighted by Crippen LogP contribution is -2.48. The lowest BCUT2D eigenvalue weighted by atomic mass is 9.60. The Morgan fingerprint density at radius 1 is 1.06 bits per heavy atom. The smallest absolute Gasteiger partial charge is 0.107 e. The molecule has 1 saturated carbocycles. The quantitative estimate of drug-likeness (QED) is 0.471. The van der Waals surface area contributed by atoms with Crippen molar-refractivity contribution >= 4 is 16.6 Å². The zero-order valence-electron chi connectivity index (χ0n) is 20.3. The monoisotopic (exact) mass is 443 g/mol. The number of H-pyrrole nitrogens is 1. The molecule has 3 atom stereocenters. The molecule has 4 nitrogen and oxygen atoms in total. The summed E-state index contributed by atoms with van der Waals surface area (Å²) in [5, 5.41) is 11.6. The van der Waals surface area contributed by atoms with Crippen LogP contribution >= 0.6 is 0 Å². The molecule has 1 fully saturated rings. The molecule has 33 heavy (non-hydrogen) atoms. The summed E-state index contributed by atoms with van der Waals surface area (Å²) in [6.45, 7) is 6.40. The lowest BCUT2D eigenvalue weighted by molar-refractivity contribution is -0.0574. The molecular formula is C29H37N3O. The number of hydrogen-bond donors (Lipinski definition) is 2. The molecule has 0 spiro atoms. The molecule has 0 unspecified atom stereocenters. The third-order valence-electron chi connectivity index (χ3n) is 8.02. The maximum absolute atomic E-state index is 11.6. The van der Waals surface area contributed by atoms with Crippen molar-refractivity contribution in [3.05, 3.63) is 71.1 Å². The number of aryl methyl sites for hydroxylation is 3. The Morgan fingerprint density at radius 2 is 1.85 bits per heavy atom. The van der Waals surface area contributed by atoms with E-state index in [2.05, 4.69) is 72.2 Å². The van der Waals surface area contributed by atoms with Gasteiger partial charge in [0, 0.05) is 18.9 Å². The number of nitrogens with zero attached hydrogens (tertiary/aromatic N) is 2. The zero-order chi connectivity index (χ0) is 23.0. The molecule has 0 radical (unpaired) electrons. The highest BCUT2D eigenvalue weighted by Gasteiger charge is 2.46. The first-order valence-corrected chi connectivity index (χ1v) is 12.6. The summed E-state index contributed by atoms with van der Waals surface area (Å²) in [4.78, 5) is 10.5. The average Bonchev–Trinajstić information content (AvgIpc) is 3.21. The van der Waals surface area contributed by atoms with Crippen molar-refractivity contribution in [1.82, 2.24) is 14.9 Å². The molecular weight excluding hydrogens is 406 g/mol. The van der Waals surface area contributed by atoms with Gasteiger partial charge in [-0.2, -0.15) is 0 Å². The first kappa shape index (κ1) is 22.4. The largest absolute Gasteiger partial charge is 0.389 e. The van der Waals surface area contributed by atoms with E-state index in [9.17, 15) is 5.11 Å². The highest BCUT2D eigenvalue weighted by molar-refractivity contribution is 5.75. The van der Waals surface area contributed by atoms with E-state index in [1.165, 1.54) is 28.7 Å². The molecule has 1 heterocycles. The molecule has 2 N–H and O–H groups in total. The van der Waals surface area contributed by atoms with E-state index >= 15 is 0 Å². The van der Waals surface area contributed by atoms with Crippen LogP contribution < -0.4 is 0 Å². The highest BCUT2D eigenvalue weighted by Crippen LogP contribution is 2.51. The van der Waals surface area contributed by atoms with Crippen LogP contribution in [0.2, 0.25) is 0 Å². The molecule has 0 amide bonds. The second kappa shape index (κ2) is 9.08. The van der Waals surface area contributed by atoms with Crippen LogP contribution in [0.4, 0.5) is 0 Å². The molecule has 0 saturated heterocycles. The summed E-state index contributed by atoms with van der Waals surface area (Å²) in [5.41, 5.74) is 7.24. The standard InChI is InChI=1S/C29H37N3O/c1-20-8-6-9-21(2)28(20)24-18-23-14-13-22(24)19-29(23,33)15-17-32(3)16-7-12-27-30-25-10-4-5-11-26(25)31-27/h4-6,8-11,18,22-23,33H,7,12-17,19H2,1-3H3,(H,30,31)/t22-,23-,29+/m0/s1. The number of benzene rings is 2. The van der Waals surface area contributed by atoms with Crippen LogP contribution in [0, 0.1) is 25.7 Å². The number of aromatic amines is 1. The Balaban J connectivity index is 1.16. The third kappa shape index (κ3) is 4.51. The van der Waals surface area contributed by atoms with Crippen LogP contribution in [0.1, 0.15) is 54.6 Å². The number of imidazole rings is 1. The predicted octanol–water partition coefficient (Wildman–Crippen LogP) is 5.68. The van der Waals surface area contributed by atoms with Gasteiger partial charge in [0.15, 0.2) is 0 Å². The molecule has 2 bridgehead atoms. The van der Waals surface area contributed by atoms with Crippen molar-refractivity contribution in [3.63, 3.8) is 0 Å². The number of rotatable bonds is 8. The summed E-state index contributed by atoms with van der Waals surface area (Å²) >= 11 is 0. The van der Waals surface area contributed by atoms with Crippen molar-refractivity contribution in [1.29, 1.82) is 0 Å². The van der Waals surface area contributed by atoms with E-state index in [1.807, 2.05) is 12.1 Å². The molecule has 3 aromatic rings. The number of para-hydroxylation sites is 2. The van der Waals surface area contributed by atoms with Gasteiger partial charge in [0.25, 0.3) is 0 Å². The Labute approximate surface area is 197 Å². The molecule has 174 valence electrons. The number of aliphatic hydroxyl groups is 1. The minimum atomic E-state index is -0.560. The number of nitrogens with one attached hydrogen (secondary N) is 1. The SMILES string of the molecule is Cc1cccc(C)c1C1=C[C@@H]2CC[C@H]1C[C@]2(O)CCN(C)CCCc1nc2ccccc2[nH]1. The summed E-state index contributed by atoms with van der Waals surface area (Å²) < 4.78 is 0. The van der Waals surface area contributed by atoms with E-state index < -0.39 is 5.60 Å². The molecule has 1 aromatic heterocycles. The number of aromatic nitrogens is 2. The first-order valence-electron chi connectivity index (χ1n) is 12.6. The van der Waals surface area contributed by atoms with Gasteiger partial charge in [-0.15, -0.1) is 0 Å². The van der Waals surface area contributed by atoms with Crippen molar-refractivity contribution in [2.75, 3.05) is 20.1 Å². The van der Waals surface area contributed by atoms with Crippen LogP contribution in [0.25, 0.3) is 16.6 Å². The Hall–Kier alpha value is -2.43. The Kier molecular flexibility index (Phi) is 6.15. The van der Waals surface area contributed by atoms with Gasteiger partial charge >= 0.3 is 0 Å². The normalized spacial score (nSPS) is 24.6. The maximum atomic E-state index is 11.6. The van der Waals surface area contributed by atoms with E-state index in [0.29, 0.717) is 5.92 Å². The van der Waals surface area contributed by atoms with Crippen molar-refractivity contribution in [2.24, 2.45) is 11.8 Å². The fourth-order valence-electron chi connectivity index (χ4n) is 6.17. The maximum Gasteiger partial charge on any atom is 0.107 e. The molecule has 0 aliphatic heterocycles. The average molecular weight is 444 g/mol. The first-order chi connectivity index (χ1) is 15.9. The van der Waals surface area contributed by atoms with Crippen LogP contribution in [0.15, 0.2) is 48.5 Å². The summed E-state index contributed by atoms with van der Waals surface area (Å²) in [6, 6.07) is 14.8. The minimum Gasteiger partial charge on any atom is -0.389 e. The van der Waals surface area contributed by atoms with Gasteiger partial charge in [-0.05, 0) is 99.9 Å². The van der Waals surface area contributed by atoms with Gasteiger partial charge in [-0.25, -0.2) is 4.98 Å². The van der Waals surface area contributed by atoms with Gasteiger partial charge in [0.05, 0.1) is 16.6 Å². The second-order valence-corrected chi connectivity index (χ2v) is 10.4. The van der Waals surface area contributed by atoms with Crippen LogP contribution in [-0.4, -0.2) is 45.7 Å². The van der Waals surface area contributed by atoms with Crippen molar-refractivity contribution < 1.29 is 5.11 Å². The van der Waals surface area contributed by atoms with Crippen molar-refractivity contribution in [2.45, 2.75) is 58.0 Å². The Morgan fingerprint density at radius 3 is 2.58 bits per heavy atom. The fourth-order valence-corrected chi connectivity index (χ4v) is 6.17. The van der Waals surface area contributed by atoms with Gasteiger partial charge in [-0.1, -0.05) is 36.4 Å². The molecule has 2 aromatic carbocycles. The van der Waals surface area contributed by atoms with E-state index in [1.54, 1.807) is 0 Å². The molecule has 3 aliphatic carbocycles. The topological polar surface area (TPSA) is 52.1 Å². The van der Waals surface area contributed by atoms with Crippen molar-refractivity contribution in [3.8, 4) is 0 Å². The third-order valence-corrected chi connectivity index (χ3v) is 8.02. The van der Waals surface area contributed by atoms with E-state index in [4.69, 9.17) is 0 Å². The fraction of sp³-hybridized carbons (Fsp3) is 0.483. The van der Waals surface area contributed by atoms with Gasteiger partial charge < -0.3 is 15.0 Å². The summed E-state index contributed by atoms with van der Waals surface area (Å²) in [7, 11) is 2.18. The highest BCUT2D eigenvalue weighted by atomic mass is 16.3. The number of fused-ring (bicyclic) bond motifs is 3. The predicted molar refractivity (Wildman–Crippen MR) is 136 cm³/mol. The van der Waals surface area contributed by atoms with Gasteiger partial charge in [-0.3, -0.25) is 0 Å². The number of hydrogen-bond acceptors (Lipinski definition) is 3. The van der Waals surface area contributed by atoms with Crippen LogP contribution in [0.5, 0.6) is 0 Å². The van der Waals surface area contributed by atoms with E-state index in [-0.39, 0.29) is 5.92 Å². The van der Waals surface area contributed by atoms with E-state index in [0.717, 1.165) is 62.1 Å². The minimum absolute atomic E-state index is 0.278. The molecule has 4 heteroatoms. The molecule has 3 aliphatic rings. The number of allylic oxidation sites excluding steroid dienone is 1. The Bertz CT molecular complexity index is 1110. The summed E-state index contributed by atoms with van der Waals surface area (Å²) in [5.74, 6) is 1.83. The second-order valence-electron chi connectivity index (χ2n) is 10.4. The zero-order valence-corrected chi connectivity index (χ0v) is 20.3. The summed E-state index contributed by atoms with van der Waals surface area (Å²) in [6.07, 6.45) is 8.53. The van der Waals surface area contributed by atoms with Crippen LogP contribution in [-0.2, 0) is 6.42 Å².